The van der Waals surface area contributed by atoms with Crippen molar-refractivity contribution in [1.29, 1.82) is 10.8 Å². The van der Waals surface area contributed by atoms with Gasteiger partial charge >= 0.3 is 0 Å². The van der Waals surface area contributed by atoms with Gasteiger partial charge in [-0.15, -0.1) is 0 Å². The van der Waals surface area contributed by atoms with Crippen LogP contribution in [-0.4, -0.2) is 31.0 Å². The van der Waals surface area contributed by atoms with E-state index in [-0.39, 0.29) is 11.9 Å². The van der Waals surface area contributed by atoms with Crippen molar-refractivity contribution in [3.63, 3.8) is 0 Å². The maximum atomic E-state index is 7.43. The molecule has 0 aliphatic carbocycles. The number of benzene rings is 3. The van der Waals surface area contributed by atoms with Crippen LogP contribution in [0.4, 0.5) is 11.4 Å². The van der Waals surface area contributed by atoms with Crippen LogP contribution in [0.25, 0.3) is 44.8 Å². The van der Waals surface area contributed by atoms with Gasteiger partial charge in [0.1, 0.15) is 11.6 Å². The summed E-state index contributed by atoms with van der Waals surface area (Å²) in [5.41, 5.74) is 18.0. The predicted molar refractivity (Wildman–Crippen MR) is 137 cm³/mol. The van der Waals surface area contributed by atoms with E-state index in [2.05, 4.69) is 10.6 Å². The Morgan fingerprint density at radius 1 is 0.676 bits per heavy atom. The summed E-state index contributed by atoms with van der Waals surface area (Å²) in [6, 6.07) is 19.5. The van der Waals surface area contributed by atoms with Crippen LogP contribution in [0, 0.1) is 10.8 Å². The molecule has 0 aliphatic rings. The van der Waals surface area contributed by atoms with Crippen LogP contribution in [0.2, 0.25) is 0 Å². The molecule has 0 radical (unpaired) electrons. The maximum absolute atomic E-state index is 7.43. The number of hydrogen-bond acceptors (Lipinski definition) is 4. The lowest BCUT2D eigenvalue weighted by Gasteiger charge is -2.07. The van der Waals surface area contributed by atoms with Crippen LogP contribution in [-0.2, 0) is 14.1 Å². The Hall–Kier alpha value is -4.86. The molecule has 3 aromatic carbocycles. The molecule has 0 amide bonds. The molecule has 8 N–H and O–H groups in total. The van der Waals surface area contributed by atoms with E-state index in [0.29, 0.717) is 0 Å². The van der Waals surface area contributed by atoms with Crippen molar-refractivity contribution >= 4 is 45.4 Å². The molecule has 2 heterocycles. The molecule has 10 heteroatoms. The average molecular weight is 453 g/mol. The highest BCUT2D eigenvalue weighted by atomic mass is 15.1. The molecule has 0 saturated carbocycles. The highest BCUT2D eigenvalue weighted by Crippen LogP contribution is 2.30. The number of nitrogens with two attached hydrogens (primary N) is 2. The van der Waals surface area contributed by atoms with Crippen molar-refractivity contribution < 1.29 is 0 Å². The molecule has 0 aliphatic heterocycles. The van der Waals surface area contributed by atoms with Crippen molar-refractivity contribution in [1.82, 2.24) is 19.1 Å². The van der Waals surface area contributed by atoms with Crippen molar-refractivity contribution in [2.75, 3.05) is 10.6 Å². The van der Waals surface area contributed by atoms with Gasteiger partial charge in [-0.25, -0.2) is 9.97 Å². The molecule has 0 bridgehead atoms. The first-order valence-electron chi connectivity index (χ1n) is 10.6. The number of rotatable bonds is 4. The Balaban J connectivity index is 1.49. The second kappa shape index (κ2) is 7.93. The van der Waals surface area contributed by atoms with E-state index in [1.165, 1.54) is 0 Å². The minimum Gasteiger partial charge on any atom is -0.370 e. The molecule has 34 heavy (non-hydrogen) atoms. The molecule has 10 nitrogen and oxygen atoms in total. The molecule has 5 rings (SSSR count). The van der Waals surface area contributed by atoms with Gasteiger partial charge in [0, 0.05) is 36.6 Å². The maximum Gasteiger partial charge on any atom is 0.190 e. The summed E-state index contributed by atoms with van der Waals surface area (Å²) in [6.45, 7) is 0. The van der Waals surface area contributed by atoms with Crippen molar-refractivity contribution in [2.24, 2.45) is 25.6 Å². The van der Waals surface area contributed by atoms with E-state index in [1.807, 2.05) is 83.9 Å². The molecule has 0 unspecified atom stereocenters. The van der Waals surface area contributed by atoms with E-state index in [9.17, 15) is 0 Å². The molecule has 0 atom stereocenters. The van der Waals surface area contributed by atoms with Crippen LogP contribution in [0.5, 0.6) is 0 Å². The van der Waals surface area contributed by atoms with Crippen LogP contribution < -0.4 is 22.1 Å². The summed E-state index contributed by atoms with van der Waals surface area (Å²) in [5, 5.41) is 20.5. The summed E-state index contributed by atoms with van der Waals surface area (Å²) in [7, 11) is 3.93. The Kier molecular flexibility index (Phi) is 4.90. The van der Waals surface area contributed by atoms with Crippen LogP contribution >= 0.6 is 0 Å². The standard InChI is InChI=1S/C24H24N10/c1-33-19-11-15(29-23(25)26)7-9-17(19)31-21(33)13-3-5-14(6-4-13)22-32-18-10-8-16(30-24(27)28)12-20(18)34(22)2/h3-12H,1-2H3,(H4,25,26,29)(H4,27,28,30). The predicted octanol–water partition coefficient (Wildman–Crippen LogP) is 3.40. The summed E-state index contributed by atoms with van der Waals surface area (Å²) in [4.78, 5) is 9.57. The Morgan fingerprint density at radius 2 is 1.06 bits per heavy atom. The molecule has 0 saturated heterocycles. The lowest BCUT2D eigenvalue weighted by atomic mass is 10.1. The fourth-order valence-electron chi connectivity index (χ4n) is 4.13. The average Bonchev–Trinajstić information content (AvgIpc) is 3.30. The third kappa shape index (κ3) is 3.66. The van der Waals surface area contributed by atoms with Gasteiger partial charge in [-0.05, 0) is 36.4 Å². The smallest absolute Gasteiger partial charge is 0.190 e. The zero-order valence-electron chi connectivity index (χ0n) is 18.7. The highest BCUT2D eigenvalue weighted by Gasteiger charge is 2.14. The fourth-order valence-corrected chi connectivity index (χ4v) is 4.13. The molecule has 170 valence electrons. The summed E-state index contributed by atoms with van der Waals surface area (Å²) < 4.78 is 4.04. The number of aromatic nitrogens is 4. The molecular weight excluding hydrogens is 428 g/mol. The number of anilines is 2. The van der Waals surface area contributed by atoms with Gasteiger partial charge in [-0.3, -0.25) is 10.8 Å². The second-order valence-corrected chi connectivity index (χ2v) is 8.05. The highest BCUT2D eigenvalue weighted by molar-refractivity contribution is 5.94. The molecular formula is C24H24N10. The fraction of sp³-hybridized carbons (Fsp3) is 0.0833. The normalized spacial score (nSPS) is 11.1. The first kappa shape index (κ1) is 21.0. The Labute approximate surface area is 195 Å². The monoisotopic (exact) mass is 452 g/mol. The largest absolute Gasteiger partial charge is 0.370 e. The minimum atomic E-state index is -0.106. The van der Waals surface area contributed by atoms with Crippen LogP contribution in [0.3, 0.4) is 0 Å². The molecule has 0 fully saturated rings. The van der Waals surface area contributed by atoms with Crippen molar-refractivity contribution in [3.05, 3.63) is 60.7 Å². The van der Waals surface area contributed by atoms with Crippen LogP contribution in [0.1, 0.15) is 0 Å². The number of nitrogens with one attached hydrogen (secondary N) is 4. The summed E-state index contributed by atoms with van der Waals surface area (Å²) in [5.74, 6) is 1.47. The SMILES string of the molecule is Cn1c(-c2ccc(-c3nc4ccc(NC(=N)N)cc4n3C)cc2)nc2ccc(NC(=N)N)cc21. The topological polar surface area (TPSA) is 159 Å². The number of imidazole rings is 2. The summed E-state index contributed by atoms with van der Waals surface area (Å²) >= 11 is 0. The van der Waals surface area contributed by atoms with Gasteiger partial charge in [0.05, 0.1) is 22.1 Å². The van der Waals surface area contributed by atoms with Crippen LogP contribution in [0.15, 0.2) is 60.7 Å². The van der Waals surface area contributed by atoms with E-state index in [4.69, 9.17) is 32.3 Å². The lowest BCUT2D eigenvalue weighted by molar-refractivity contribution is 0.956. The number of fused-ring (bicyclic) bond motifs is 2. The number of aryl methyl sites for hydroxylation is 2. The van der Waals surface area contributed by atoms with Gasteiger partial charge in [-0.1, -0.05) is 24.3 Å². The lowest BCUT2D eigenvalue weighted by Crippen LogP contribution is -2.20. The number of hydrogen-bond donors (Lipinski definition) is 6. The van der Waals surface area contributed by atoms with E-state index >= 15 is 0 Å². The Bertz CT molecular complexity index is 1450. The molecule has 0 spiro atoms. The zero-order valence-corrected chi connectivity index (χ0v) is 18.7. The molecule has 5 aromatic rings. The van der Waals surface area contributed by atoms with Gasteiger partial charge in [0.25, 0.3) is 0 Å². The quantitative estimate of drug-likeness (QED) is 0.181. The van der Waals surface area contributed by atoms with E-state index < -0.39 is 0 Å². The third-order valence-corrected chi connectivity index (χ3v) is 5.72. The Morgan fingerprint density at radius 3 is 1.41 bits per heavy atom. The van der Waals surface area contributed by atoms with Gasteiger partial charge < -0.3 is 31.2 Å². The summed E-state index contributed by atoms with van der Waals surface area (Å²) in [6.07, 6.45) is 0. The van der Waals surface area contributed by atoms with Gasteiger partial charge in [0.2, 0.25) is 0 Å². The van der Waals surface area contributed by atoms with Crippen molar-refractivity contribution in [3.8, 4) is 22.8 Å². The second-order valence-electron chi connectivity index (χ2n) is 8.05. The minimum absolute atomic E-state index is 0.106. The first-order chi connectivity index (χ1) is 16.3. The van der Waals surface area contributed by atoms with E-state index in [0.717, 1.165) is 56.2 Å². The number of guanidine groups is 2. The first-order valence-corrected chi connectivity index (χ1v) is 10.6. The third-order valence-electron chi connectivity index (χ3n) is 5.72. The van der Waals surface area contributed by atoms with E-state index in [1.54, 1.807) is 0 Å². The zero-order chi connectivity index (χ0) is 24.0. The van der Waals surface area contributed by atoms with Crippen molar-refractivity contribution in [2.45, 2.75) is 0 Å². The van der Waals surface area contributed by atoms with Gasteiger partial charge in [-0.2, -0.15) is 0 Å². The number of nitrogens with zero attached hydrogens (tertiary/aromatic N) is 4. The van der Waals surface area contributed by atoms with Gasteiger partial charge in [0.15, 0.2) is 11.9 Å². The molecule has 2 aromatic heterocycles.